The lowest BCUT2D eigenvalue weighted by molar-refractivity contribution is -0.127. The van der Waals surface area contributed by atoms with Gasteiger partial charge >= 0.3 is 6.09 Å². The van der Waals surface area contributed by atoms with E-state index in [1.165, 1.54) is 4.90 Å². The largest absolute Gasteiger partial charge is 0.465 e. The number of hydrogen-bond donors (Lipinski definition) is 4. The first-order chi connectivity index (χ1) is 17.3. The molecule has 3 aromatic rings. The van der Waals surface area contributed by atoms with Crippen LogP contribution in [0.4, 0.5) is 4.79 Å². The molecule has 188 valence electrons. The Balaban J connectivity index is 1.49. The Morgan fingerprint density at radius 3 is 2.36 bits per heavy atom. The summed E-state index contributed by atoms with van der Waals surface area (Å²) in [7, 11) is 1.58. The molecular formula is C27H31N5O4. The Hall–Kier alpha value is -4.14. The summed E-state index contributed by atoms with van der Waals surface area (Å²) in [5.74, 6) is -0.0600. The van der Waals surface area contributed by atoms with Crippen LogP contribution in [0, 0.1) is 5.92 Å². The van der Waals surface area contributed by atoms with Gasteiger partial charge in [0.2, 0.25) is 11.8 Å². The second-order valence-electron chi connectivity index (χ2n) is 9.27. The molecule has 3 amide bonds. The highest BCUT2D eigenvalue weighted by atomic mass is 16.4. The fraction of sp³-hybridized carbons (Fsp3) is 0.333. The molecule has 9 nitrogen and oxygen atoms in total. The minimum atomic E-state index is -0.941. The van der Waals surface area contributed by atoms with E-state index in [1.807, 2.05) is 30.3 Å². The molecule has 0 spiro atoms. The van der Waals surface area contributed by atoms with Crippen LogP contribution in [0.3, 0.4) is 0 Å². The fourth-order valence-electron chi connectivity index (χ4n) is 4.71. The number of nitrogens with zero attached hydrogens (tertiary/aromatic N) is 2. The summed E-state index contributed by atoms with van der Waals surface area (Å²) in [6.07, 6.45) is 3.95. The Morgan fingerprint density at radius 2 is 1.75 bits per heavy atom. The molecular weight excluding hydrogens is 458 g/mol. The second-order valence-corrected chi connectivity index (χ2v) is 9.27. The molecule has 1 aliphatic rings. The molecule has 4 rings (SSSR count). The standard InChI is InChI=1S/C27H31N5O4/c1-32(27(35)36)21-13-11-20(12-14-21)26(34)31-22(15-17-5-3-2-4-6-17)25-29-16-23(30-25)18-7-9-19(10-8-18)24(28)33/h2-10,16,20-22H,11-15H2,1H3,(H2,28,33)(H,29,30)(H,31,34)(H,35,36)/t20?,21?,22-/m0/s1. The summed E-state index contributed by atoms with van der Waals surface area (Å²) in [6, 6.07) is 16.4. The van der Waals surface area contributed by atoms with E-state index in [0.29, 0.717) is 43.5 Å². The lowest BCUT2D eigenvalue weighted by Crippen LogP contribution is -2.42. The first-order valence-electron chi connectivity index (χ1n) is 12.1. The van der Waals surface area contributed by atoms with E-state index in [2.05, 4.69) is 15.3 Å². The van der Waals surface area contributed by atoms with Crippen LogP contribution in [0.5, 0.6) is 0 Å². The number of benzene rings is 2. The van der Waals surface area contributed by atoms with Crippen molar-refractivity contribution in [1.82, 2.24) is 20.2 Å². The van der Waals surface area contributed by atoms with Gasteiger partial charge in [0.15, 0.2) is 0 Å². The number of primary amides is 1. The molecule has 0 aliphatic heterocycles. The minimum absolute atomic E-state index is 0.0453. The number of carbonyl (C=O) groups is 3. The van der Waals surface area contributed by atoms with Gasteiger partial charge in [0, 0.05) is 24.6 Å². The lowest BCUT2D eigenvalue weighted by atomic mass is 9.84. The number of aromatic nitrogens is 2. The van der Waals surface area contributed by atoms with Crippen molar-refractivity contribution in [3.8, 4) is 11.3 Å². The number of nitrogens with two attached hydrogens (primary N) is 1. The third kappa shape index (κ3) is 5.91. The second kappa shape index (κ2) is 11.1. The summed E-state index contributed by atoms with van der Waals surface area (Å²) >= 11 is 0. The van der Waals surface area contributed by atoms with Crippen LogP contribution < -0.4 is 11.1 Å². The van der Waals surface area contributed by atoms with Crippen LogP contribution in [-0.2, 0) is 11.2 Å². The van der Waals surface area contributed by atoms with Crippen LogP contribution >= 0.6 is 0 Å². The topological polar surface area (TPSA) is 141 Å². The van der Waals surface area contributed by atoms with E-state index >= 15 is 0 Å². The predicted molar refractivity (Wildman–Crippen MR) is 135 cm³/mol. The first kappa shape index (κ1) is 25.0. The number of imidazole rings is 1. The van der Waals surface area contributed by atoms with Crippen LogP contribution in [0.15, 0.2) is 60.8 Å². The van der Waals surface area contributed by atoms with E-state index in [9.17, 15) is 19.5 Å². The minimum Gasteiger partial charge on any atom is -0.465 e. The third-order valence-corrected chi connectivity index (χ3v) is 6.92. The smallest absolute Gasteiger partial charge is 0.407 e. The zero-order chi connectivity index (χ0) is 25.7. The van der Waals surface area contributed by atoms with Crippen molar-refractivity contribution in [2.75, 3.05) is 7.05 Å². The maximum atomic E-state index is 13.2. The highest BCUT2D eigenvalue weighted by Gasteiger charge is 2.31. The molecule has 1 aromatic heterocycles. The lowest BCUT2D eigenvalue weighted by Gasteiger charge is -2.33. The van der Waals surface area contributed by atoms with Gasteiger partial charge in [-0.25, -0.2) is 9.78 Å². The average Bonchev–Trinajstić information content (AvgIpc) is 3.39. The van der Waals surface area contributed by atoms with E-state index in [-0.39, 0.29) is 23.9 Å². The van der Waals surface area contributed by atoms with Crippen LogP contribution in [-0.4, -0.2) is 51.0 Å². The summed E-state index contributed by atoms with van der Waals surface area (Å²) < 4.78 is 0. The van der Waals surface area contributed by atoms with Gasteiger partial charge in [-0.3, -0.25) is 9.59 Å². The quantitative estimate of drug-likeness (QED) is 0.381. The molecule has 1 heterocycles. The normalized spacial score (nSPS) is 18.2. The number of aromatic amines is 1. The molecule has 2 aromatic carbocycles. The molecule has 1 saturated carbocycles. The van der Waals surface area contributed by atoms with Crippen LogP contribution in [0.1, 0.15) is 53.5 Å². The molecule has 36 heavy (non-hydrogen) atoms. The van der Waals surface area contributed by atoms with Gasteiger partial charge in [0.25, 0.3) is 0 Å². The Labute approximate surface area is 209 Å². The first-order valence-corrected chi connectivity index (χ1v) is 12.1. The van der Waals surface area contributed by atoms with Gasteiger partial charge in [-0.15, -0.1) is 0 Å². The van der Waals surface area contributed by atoms with Crippen molar-refractivity contribution in [2.24, 2.45) is 11.7 Å². The number of H-pyrrole nitrogens is 1. The van der Waals surface area contributed by atoms with Gasteiger partial charge in [-0.05, 0) is 55.4 Å². The summed E-state index contributed by atoms with van der Waals surface area (Å²) in [4.78, 5) is 45.1. The highest BCUT2D eigenvalue weighted by Crippen LogP contribution is 2.29. The molecule has 1 fully saturated rings. The molecule has 0 bridgehead atoms. The Morgan fingerprint density at radius 1 is 1.08 bits per heavy atom. The maximum absolute atomic E-state index is 13.2. The monoisotopic (exact) mass is 489 g/mol. The van der Waals surface area contributed by atoms with E-state index in [4.69, 9.17) is 5.73 Å². The van der Waals surface area contributed by atoms with Gasteiger partial charge in [0.05, 0.1) is 17.9 Å². The molecule has 1 aliphatic carbocycles. The predicted octanol–water partition coefficient (Wildman–Crippen LogP) is 3.74. The third-order valence-electron chi connectivity index (χ3n) is 6.92. The Kier molecular flexibility index (Phi) is 7.68. The van der Waals surface area contributed by atoms with Gasteiger partial charge in [-0.1, -0.05) is 42.5 Å². The molecule has 0 radical (unpaired) electrons. The summed E-state index contributed by atoms with van der Waals surface area (Å²) in [5.41, 5.74) is 8.45. The summed E-state index contributed by atoms with van der Waals surface area (Å²) in [6.45, 7) is 0. The average molecular weight is 490 g/mol. The van der Waals surface area contributed by atoms with E-state index in [1.54, 1.807) is 37.5 Å². The number of amides is 3. The van der Waals surface area contributed by atoms with Crippen molar-refractivity contribution in [3.63, 3.8) is 0 Å². The van der Waals surface area contributed by atoms with Crippen LogP contribution in [0.25, 0.3) is 11.3 Å². The highest BCUT2D eigenvalue weighted by molar-refractivity contribution is 5.93. The van der Waals surface area contributed by atoms with E-state index in [0.717, 1.165) is 16.8 Å². The van der Waals surface area contributed by atoms with Crippen molar-refractivity contribution >= 4 is 17.9 Å². The Bertz CT molecular complexity index is 1200. The van der Waals surface area contributed by atoms with Gasteiger partial charge in [-0.2, -0.15) is 0 Å². The number of hydrogen-bond acceptors (Lipinski definition) is 4. The zero-order valence-electron chi connectivity index (χ0n) is 20.2. The van der Waals surface area contributed by atoms with Crippen LogP contribution in [0.2, 0.25) is 0 Å². The number of carboxylic acid groups (broad SMARTS) is 1. The molecule has 0 saturated heterocycles. The molecule has 0 unspecified atom stereocenters. The SMILES string of the molecule is CN(C(=O)O)C1CCC(C(=O)N[C@@H](Cc2ccccc2)c2ncc(-c3ccc(C(N)=O)cc3)[nH]2)CC1. The maximum Gasteiger partial charge on any atom is 0.407 e. The van der Waals surface area contributed by atoms with Gasteiger partial charge in [0.1, 0.15) is 5.82 Å². The number of rotatable bonds is 8. The number of carbonyl (C=O) groups excluding carboxylic acids is 2. The molecule has 9 heteroatoms. The van der Waals surface area contributed by atoms with Crippen molar-refractivity contribution in [1.29, 1.82) is 0 Å². The summed E-state index contributed by atoms with van der Waals surface area (Å²) in [5, 5.41) is 12.4. The van der Waals surface area contributed by atoms with Crippen molar-refractivity contribution in [2.45, 2.75) is 44.2 Å². The fourth-order valence-corrected chi connectivity index (χ4v) is 4.71. The van der Waals surface area contributed by atoms with Gasteiger partial charge < -0.3 is 26.0 Å². The number of nitrogens with one attached hydrogen (secondary N) is 2. The van der Waals surface area contributed by atoms with Crippen molar-refractivity contribution in [3.05, 3.63) is 77.7 Å². The van der Waals surface area contributed by atoms with E-state index < -0.39 is 12.0 Å². The van der Waals surface area contributed by atoms with Crippen molar-refractivity contribution < 1.29 is 19.5 Å². The zero-order valence-corrected chi connectivity index (χ0v) is 20.2. The molecule has 5 N–H and O–H groups in total. The molecule has 1 atom stereocenters.